The molecule has 1 saturated heterocycles. The summed E-state index contributed by atoms with van der Waals surface area (Å²) < 4.78 is 95.5. The van der Waals surface area contributed by atoms with E-state index in [9.17, 15) is 35.9 Å². The summed E-state index contributed by atoms with van der Waals surface area (Å²) in [7, 11) is 0. The van der Waals surface area contributed by atoms with E-state index in [1.165, 1.54) is 11.0 Å². The quantitative estimate of drug-likeness (QED) is 0.189. The normalized spacial score (nSPS) is 14.7. The number of carboxylic acid groups (broad SMARTS) is 1. The maximum absolute atomic E-state index is 13.9. The number of ether oxygens (including phenoxy) is 2. The van der Waals surface area contributed by atoms with Gasteiger partial charge in [-0.15, -0.1) is 4.99 Å². The zero-order valence-corrected chi connectivity index (χ0v) is 23.3. The van der Waals surface area contributed by atoms with E-state index in [4.69, 9.17) is 19.1 Å². The van der Waals surface area contributed by atoms with Gasteiger partial charge in [-0.2, -0.15) is 31.3 Å². The Balaban J connectivity index is 1.45. The molecule has 2 heterocycles. The van der Waals surface area contributed by atoms with Crippen molar-refractivity contribution in [2.24, 2.45) is 4.99 Å². The Morgan fingerprint density at radius 3 is 2.27 bits per heavy atom. The Labute approximate surface area is 245 Å². The van der Waals surface area contributed by atoms with Crippen molar-refractivity contribution in [1.29, 1.82) is 0 Å². The molecule has 1 fully saturated rings. The van der Waals surface area contributed by atoms with Crippen LogP contribution < -0.4 is 10.1 Å². The summed E-state index contributed by atoms with van der Waals surface area (Å²) in [6.07, 6.45) is -11.9. The van der Waals surface area contributed by atoms with Crippen molar-refractivity contribution in [1.82, 2.24) is 20.4 Å². The Bertz CT molecular complexity index is 1540. The minimum atomic E-state index is -4.85. The molecule has 2 amide bonds. The Morgan fingerprint density at radius 1 is 1.05 bits per heavy atom. The molecule has 4 rings (SSSR count). The molecule has 0 saturated carbocycles. The first-order valence-electron chi connectivity index (χ1n) is 12.8. The third kappa shape index (κ3) is 8.17. The zero-order valence-electron chi connectivity index (χ0n) is 23.3. The van der Waals surface area contributed by atoms with Crippen molar-refractivity contribution in [3.8, 4) is 17.1 Å². The van der Waals surface area contributed by atoms with E-state index in [1.54, 1.807) is 20.8 Å². The first-order valence-corrected chi connectivity index (χ1v) is 12.8. The summed E-state index contributed by atoms with van der Waals surface area (Å²) in [5.41, 5.74) is -2.75. The molecule has 3 aromatic rings. The van der Waals surface area contributed by atoms with Gasteiger partial charge in [0.25, 0.3) is 0 Å². The van der Waals surface area contributed by atoms with E-state index in [-0.39, 0.29) is 41.9 Å². The van der Waals surface area contributed by atoms with Crippen LogP contribution in [0.15, 0.2) is 52.0 Å². The molecular weight excluding hydrogens is 604 g/mol. The lowest BCUT2D eigenvalue weighted by molar-refractivity contribution is -0.139. The van der Waals surface area contributed by atoms with E-state index in [1.807, 2.05) is 5.32 Å². The third-order valence-electron chi connectivity index (χ3n) is 6.00. The number of likely N-dealkylation sites (tertiary alicyclic amines) is 1. The highest BCUT2D eigenvalue weighted by molar-refractivity contribution is 5.98. The average Bonchev–Trinajstić information content (AvgIpc) is 3.34. The van der Waals surface area contributed by atoms with Gasteiger partial charge in [0.1, 0.15) is 18.0 Å². The number of nitrogens with zero attached hydrogens (tertiary/aromatic N) is 4. The second kappa shape index (κ2) is 12.0. The number of rotatable bonds is 5. The van der Waals surface area contributed by atoms with Crippen LogP contribution in [0.4, 0.5) is 35.9 Å². The molecule has 17 heteroatoms. The number of carbonyl (C=O) groups excluding carboxylic acids is 1. The highest BCUT2D eigenvalue weighted by atomic mass is 19.4. The van der Waals surface area contributed by atoms with Crippen molar-refractivity contribution < 1.29 is 55.0 Å². The molecule has 0 aliphatic carbocycles. The highest BCUT2D eigenvalue weighted by Crippen LogP contribution is 2.39. The van der Waals surface area contributed by atoms with E-state index in [2.05, 4.69) is 15.1 Å². The number of aliphatic imine (C=N–C) groups is 1. The Morgan fingerprint density at radius 2 is 1.70 bits per heavy atom. The number of carbonyl (C=O) groups is 2. The summed E-state index contributed by atoms with van der Waals surface area (Å²) in [4.78, 5) is 32.4. The van der Waals surface area contributed by atoms with Crippen LogP contribution in [-0.4, -0.2) is 57.0 Å². The zero-order chi connectivity index (χ0) is 32.4. The monoisotopic (exact) mass is 629 g/mol. The van der Waals surface area contributed by atoms with Gasteiger partial charge in [-0.1, -0.05) is 17.3 Å². The summed E-state index contributed by atoms with van der Waals surface area (Å²) in [5, 5.41) is 14.9. The van der Waals surface area contributed by atoms with Gasteiger partial charge in [0.05, 0.1) is 17.0 Å². The van der Waals surface area contributed by atoms with Crippen LogP contribution in [0.25, 0.3) is 11.4 Å². The lowest BCUT2D eigenvalue weighted by Gasteiger charge is -2.38. The summed E-state index contributed by atoms with van der Waals surface area (Å²) >= 11 is 0. The molecule has 0 bridgehead atoms. The van der Waals surface area contributed by atoms with Gasteiger partial charge < -0.3 is 24.0 Å². The van der Waals surface area contributed by atoms with Gasteiger partial charge in [0.2, 0.25) is 17.7 Å². The molecule has 2 aromatic carbocycles. The number of aromatic nitrogens is 2. The largest absolute Gasteiger partial charge is 0.488 e. The molecular formula is C27H25F6N5O6. The first-order chi connectivity index (χ1) is 20.4. The number of alkyl halides is 6. The minimum absolute atomic E-state index is 0.0508. The number of hydrogen-bond acceptors (Lipinski definition) is 7. The van der Waals surface area contributed by atoms with E-state index >= 15 is 0 Å². The van der Waals surface area contributed by atoms with Gasteiger partial charge in [-0.25, -0.2) is 9.59 Å². The van der Waals surface area contributed by atoms with Crippen molar-refractivity contribution in [3.63, 3.8) is 0 Å². The average molecular weight is 630 g/mol. The van der Waals surface area contributed by atoms with Crippen LogP contribution in [0.5, 0.6) is 5.75 Å². The van der Waals surface area contributed by atoms with Gasteiger partial charge in [0.15, 0.2) is 0 Å². The second-order valence-corrected chi connectivity index (χ2v) is 10.6. The van der Waals surface area contributed by atoms with Crippen molar-refractivity contribution in [2.45, 2.75) is 51.2 Å². The third-order valence-corrected chi connectivity index (χ3v) is 6.00. The maximum atomic E-state index is 13.9. The predicted octanol–water partition coefficient (Wildman–Crippen LogP) is 6.31. The first kappa shape index (κ1) is 32.1. The summed E-state index contributed by atoms with van der Waals surface area (Å²) in [6, 6.07) is 6.89. The van der Waals surface area contributed by atoms with Gasteiger partial charge in [-0.05, 0) is 56.7 Å². The smallest absolute Gasteiger partial charge is 0.437 e. The number of guanidine groups is 1. The van der Waals surface area contributed by atoms with Crippen LogP contribution in [0.3, 0.4) is 0 Å². The summed E-state index contributed by atoms with van der Waals surface area (Å²) in [5.74, 6) is -1.40. The van der Waals surface area contributed by atoms with E-state index in [0.29, 0.717) is 0 Å². The van der Waals surface area contributed by atoms with Crippen LogP contribution >= 0.6 is 0 Å². The maximum Gasteiger partial charge on any atom is 0.437 e. The molecule has 2 N–H and O–H groups in total. The molecule has 0 atom stereocenters. The number of benzene rings is 2. The molecule has 0 unspecified atom stereocenters. The van der Waals surface area contributed by atoms with Crippen molar-refractivity contribution in [2.75, 3.05) is 13.1 Å². The Hall–Kier alpha value is -4.83. The van der Waals surface area contributed by atoms with E-state index in [0.717, 1.165) is 36.4 Å². The lowest BCUT2D eigenvalue weighted by Crippen LogP contribution is -2.54. The molecule has 1 aliphatic rings. The van der Waals surface area contributed by atoms with Gasteiger partial charge in [0, 0.05) is 18.7 Å². The fraction of sp³-hybridized carbons (Fsp3) is 0.370. The van der Waals surface area contributed by atoms with Crippen molar-refractivity contribution in [3.05, 3.63) is 65.0 Å². The van der Waals surface area contributed by atoms with Gasteiger partial charge >= 0.3 is 24.5 Å². The SMILES string of the molecule is CC(C)(C)OC(=O)N=C(NC(=O)O)N1CC(c2nc(-c3ccc(OCc4ccc(C(F)(F)F)cc4)c(C(F)(F)F)c3)no2)C1. The van der Waals surface area contributed by atoms with Crippen LogP contribution in [0.1, 0.15) is 49.3 Å². The predicted molar refractivity (Wildman–Crippen MR) is 140 cm³/mol. The number of amides is 2. The number of nitrogens with one attached hydrogen (secondary N) is 1. The van der Waals surface area contributed by atoms with E-state index < -0.39 is 59.5 Å². The molecule has 0 spiro atoms. The standard InChI is InChI=1S/C27H25F6N5O6/c1-25(2,3)43-24(41)36-22(35-23(39)40)38-11-16(12-38)21-34-20(37-44-21)15-6-9-19(18(10-15)27(31,32)33)42-13-14-4-7-17(8-5-14)26(28,29)30/h4-10,16H,11-13H2,1-3H3,(H,39,40)(H,35,36,41). The molecule has 0 radical (unpaired) electrons. The van der Waals surface area contributed by atoms with Crippen molar-refractivity contribution >= 4 is 18.1 Å². The Kier molecular flexibility index (Phi) is 8.78. The topological polar surface area (TPSA) is 139 Å². The fourth-order valence-corrected chi connectivity index (χ4v) is 3.94. The molecule has 44 heavy (non-hydrogen) atoms. The minimum Gasteiger partial charge on any atom is -0.488 e. The number of halogens is 6. The second-order valence-electron chi connectivity index (χ2n) is 10.6. The van der Waals surface area contributed by atoms with Crippen LogP contribution in [0, 0.1) is 0 Å². The van der Waals surface area contributed by atoms with Gasteiger partial charge in [-0.3, -0.25) is 5.32 Å². The van der Waals surface area contributed by atoms with Crippen LogP contribution in [-0.2, 0) is 23.7 Å². The fourth-order valence-electron chi connectivity index (χ4n) is 3.94. The summed E-state index contributed by atoms with van der Waals surface area (Å²) in [6.45, 7) is 4.60. The molecule has 1 aromatic heterocycles. The lowest BCUT2D eigenvalue weighted by atomic mass is 10.0. The van der Waals surface area contributed by atoms with Crippen LogP contribution in [0.2, 0.25) is 0 Å². The molecule has 236 valence electrons. The number of hydrogen-bond donors (Lipinski definition) is 2. The highest BCUT2D eigenvalue weighted by Gasteiger charge is 2.38. The molecule has 11 nitrogen and oxygen atoms in total. The molecule has 1 aliphatic heterocycles.